The first-order chi connectivity index (χ1) is 7.99. The summed E-state index contributed by atoms with van der Waals surface area (Å²) in [6, 6.07) is 0. The zero-order valence-corrected chi connectivity index (χ0v) is 9.86. The molecule has 0 aliphatic carbocycles. The Labute approximate surface area is 101 Å². The Morgan fingerprint density at radius 2 is 2.35 bits per heavy atom. The van der Waals surface area contributed by atoms with Crippen LogP contribution in [-0.4, -0.2) is 27.9 Å². The van der Waals surface area contributed by atoms with Crippen molar-refractivity contribution in [1.82, 2.24) is 4.98 Å². The van der Waals surface area contributed by atoms with Gasteiger partial charge in [0.05, 0.1) is 12.1 Å². The van der Waals surface area contributed by atoms with Crippen LogP contribution in [0.2, 0.25) is 0 Å². The van der Waals surface area contributed by atoms with E-state index in [9.17, 15) is 14.4 Å². The van der Waals surface area contributed by atoms with Crippen LogP contribution in [0.1, 0.15) is 19.0 Å². The van der Waals surface area contributed by atoms with E-state index in [2.05, 4.69) is 4.98 Å². The van der Waals surface area contributed by atoms with Crippen molar-refractivity contribution in [3.63, 3.8) is 0 Å². The van der Waals surface area contributed by atoms with E-state index in [1.54, 1.807) is 12.3 Å². The molecule has 1 unspecified atom stereocenters. The molecule has 6 nitrogen and oxygen atoms in total. The van der Waals surface area contributed by atoms with Crippen molar-refractivity contribution in [2.45, 2.75) is 19.8 Å². The number of aliphatic carboxylic acids is 1. The van der Waals surface area contributed by atoms with E-state index in [4.69, 9.17) is 5.11 Å². The molecule has 17 heavy (non-hydrogen) atoms. The van der Waals surface area contributed by atoms with Crippen LogP contribution >= 0.6 is 11.3 Å². The number of rotatable bonds is 3. The number of thiazole rings is 1. The molecule has 1 aromatic rings. The molecule has 0 spiro atoms. The summed E-state index contributed by atoms with van der Waals surface area (Å²) in [5.41, 5.74) is 0.359. The summed E-state index contributed by atoms with van der Waals surface area (Å²) in [6.45, 7) is 1.69. The predicted molar refractivity (Wildman–Crippen MR) is 59.7 cm³/mol. The topological polar surface area (TPSA) is 87.6 Å². The summed E-state index contributed by atoms with van der Waals surface area (Å²) in [5.74, 6) is -1.87. The lowest BCUT2D eigenvalue weighted by Gasteiger charge is -2.09. The maximum absolute atomic E-state index is 11.7. The maximum atomic E-state index is 11.7. The lowest BCUT2D eigenvalue weighted by atomic mass is 10.1. The molecule has 1 N–H and O–H groups in total. The van der Waals surface area contributed by atoms with Gasteiger partial charge in [0.2, 0.25) is 11.8 Å². The van der Waals surface area contributed by atoms with Crippen LogP contribution in [0.3, 0.4) is 0 Å². The molecule has 0 bridgehead atoms. The number of anilines is 1. The highest BCUT2D eigenvalue weighted by Crippen LogP contribution is 2.28. The van der Waals surface area contributed by atoms with E-state index < -0.39 is 5.97 Å². The maximum Gasteiger partial charge on any atom is 0.309 e. The van der Waals surface area contributed by atoms with Gasteiger partial charge in [0.1, 0.15) is 0 Å². The van der Waals surface area contributed by atoms with E-state index in [1.165, 1.54) is 0 Å². The normalized spacial score (nSPS) is 20.1. The second-order valence-corrected chi connectivity index (χ2v) is 4.70. The number of nitrogens with zero attached hydrogens (tertiary/aromatic N) is 2. The molecule has 1 fully saturated rings. The number of carboxylic acid groups (broad SMARTS) is 1. The molecule has 0 aromatic carbocycles. The fraction of sp³-hybridized carbons (Fsp3) is 0.400. The van der Waals surface area contributed by atoms with Gasteiger partial charge in [-0.25, -0.2) is 9.88 Å². The van der Waals surface area contributed by atoms with Gasteiger partial charge < -0.3 is 5.11 Å². The quantitative estimate of drug-likeness (QED) is 0.801. The third-order valence-electron chi connectivity index (χ3n) is 2.44. The molecule has 1 atom stereocenters. The first-order valence-electron chi connectivity index (χ1n) is 5.02. The van der Waals surface area contributed by atoms with Crippen molar-refractivity contribution in [2.24, 2.45) is 5.92 Å². The van der Waals surface area contributed by atoms with Crippen LogP contribution in [0.15, 0.2) is 5.38 Å². The van der Waals surface area contributed by atoms with Gasteiger partial charge in [0, 0.05) is 17.7 Å². The van der Waals surface area contributed by atoms with Gasteiger partial charge in [0.25, 0.3) is 0 Å². The van der Waals surface area contributed by atoms with Crippen molar-refractivity contribution in [3.05, 3.63) is 11.1 Å². The Morgan fingerprint density at radius 3 is 2.88 bits per heavy atom. The van der Waals surface area contributed by atoms with Crippen molar-refractivity contribution in [2.75, 3.05) is 4.90 Å². The van der Waals surface area contributed by atoms with Gasteiger partial charge >= 0.3 is 5.97 Å². The Kier molecular flexibility index (Phi) is 2.93. The average Bonchev–Trinajstić information content (AvgIpc) is 2.73. The standard InChI is InChI=1S/C10H10N2O4S/c1-5-2-7(13)12(9(5)16)10-11-6(4-17-10)3-8(14)15/h4-5H,2-3H2,1H3,(H,14,15). The molecule has 1 aliphatic heterocycles. The van der Waals surface area contributed by atoms with Gasteiger partial charge in [-0.2, -0.15) is 0 Å². The van der Waals surface area contributed by atoms with Crippen molar-refractivity contribution in [3.8, 4) is 0 Å². The van der Waals surface area contributed by atoms with Crippen LogP contribution in [0, 0.1) is 5.92 Å². The second-order valence-electron chi connectivity index (χ2n) is 3.86. The second kappa shape index (κ2) is 4.25. The molecule has 1 saturated heterocycles. The third-order valence-corrected chi connectivity index (χ3v) is 3.31. The molecule has 0 saturated carbocycles. The van der Waals surface area contributed by atoms with Gasteiger partial charge in [0.15, 0.2) is 5.13 Å². The van der Waals surface area contributed by atoms with Gasteiger partial charge in [-0.1, -0.05) is 6.92 Å². The van der Waals surface area contributed by atoms with E-state index in [-0.39, 0.29) is 35.7 Å². The predicted octanol–water partition coefficient (Wildman–Crippen LogP) is 0.670. The first kappa shape index (κ1) is 11.7. The number of hydrogen-bond donors (Lipinski definition) is 1. The van der Waals surface area contributed by atoms with E-state index >= 15 is 0 Å². The van der Waals surface area contributed by atoms with Crippen molar-refractivity contribution < 1.29 is 19.5 Å². The Hall–Kier alpha value is -1.76. The highest BCUT2D eigenvalue weighted by atomic mass is 32.1. The zero-order chi connectivity index (χ0) is 12.6. The zero-order valence-electron chi connectivity index (χ0n) is 9.04. The molecule has 7 heteroatoms. The van der Waals surface area contributed by atoms with Gasteiger partial charge in [-0.05, 0) is 0 Å². The third kappa shape index (κ3) is 2.19. The Balaban J connectivity index is 2.23. The Bertz CT molecular complexity index is 496. The molecular weight excluding hydrogens is 244 g/mol. The largest absolute Gasteiger partial charge is 0.481 e. The van der Waals surface area contributed by atoms with Gasteiger partial charge in [-0.15, -0.1) is 11.3 Å². The minimum absolute atomic E-state index is 0.187. The first-order valence-corrected chi connectivity index (χ1v) is 5.90. The highest BCUT2D eigenvalue weighted by molar-refractivity contribution is 7.14. The van der Waals surface area contributed by atoms with Crippen molar-refractivity contribution >= 4 is 34.3 Å². The van der Waals surface area contributed by atoms with Crippen LogP contribution in [0.4, 0.5) is 5.13 Å². The molecular formula is C10H10N2O4S. The summed E-state index contributed by atoms with van der Waals surface area (Å²) in [7, 11) is 0. The number of amides is 2. The summed E-state index contributed by atoms with van der Waals surface area (Å²) < 4.78 is 0. The number of carboxylic acids is 1. The highest BCUT2D eigenvalue weighted by Gasteiger charge is 2.38. The minimum Gasteiger partial charge on any atom is -0.481 e. The van der Waals surface area contributed by atoms with Crippen LogP contribution in [0.25, 0.3) is 0 Å². The molecule has 2 amide bonds. The fourth-order valence-electron chi connectivity index (χ4n) is 1.62. The smallest absolute Gasteiger partial charge is 0.309 e. The van der Waals surface area contributed by atoms with Crippen molar-refractivity contribution in [1.29, 1.82) is 0 Å². The Morgan fingerprint density at radius 1 is 1.65 bits per heavy atom. The van der Waals surface area contributed by atoms with Crippen LogP contribution in [0.5, 0.6) is 0 Å². The molecule has 1 aliphatic rings. The lowest BCUT2D eigenvalue weighted by molar-refractivity contribution is -0.136. The summed E-state index contributed by atoms with van der Waals surface area (Å²) in [5, 5.41) is 10.4. The molecule has 90 valence electrons. The SMILES string of the molecule is CC1CC(=O)N(c2nc(CC(=O)O)cs2)C1=O. The van der Waals surface area contributed by atoms with Gasteiger partial charge in [-0.3, -0.25) is 14.4 Å². The van der Waals surface area contributed by atoms with E-state index in [1.807, 2.05) is 0 Å². The molecule has 2 heterocycles. The molecule has 2 rings (SSSR count). The average molecular weight is 254 g/mol. The van der Waals surface area contributed by atoms with Crippen LogP contribution < -0.4 is 4.90 Å². The number of carbonyl (C=O) groups excluding carboxylic acids is 2. The number of imide groups is 1. The molecule has 0 radical (unpaired) electrons. The number of hydrogen-bond acceptors (Lipinski definition) is 5. The minimum atomic E-state index is -0.991. The summed E-state index contributed by atoms with van der Waals surface area (Å²) in [6.07, 6.45) is -0.0189. The van der Waals surface area contributed by atoms with Crippen LogP contribution in [-0.2, 0) is 20.8 Å². The lowest BCUT2D eigenvalue weighted by Crippen LogP contribution is -2.29. The molecule has 1 aromatic heterocycles. The number of carbonyl (C=O) groups is 3. The monoisotopic (exact) mass is 254 g/mol. The van der Waals surface area contributed by atoms with E-state index in [0.717, 1.165) is 16.2 Å². The fourth-order valence-corrected chi connectivity index (χ4v) is 2.46. The number of aromatic nitrogens is 1. The summed E-state index contributed by atoms with van der Waals surface area (Å²) in [4.78, 5) is 38.8. The summed E-state index contributed by atoms with van der Waals surface area (Å²) >= 11 is 1.11. The van der Waals surface area contributed by atoms with E-state index in [0.29, 0.717) is 5.69 Å².